The summed E-state index contributed by atoms with van der Waals surface area (Å²) < 4.78 is 30.6. The van der Waals surface area contributed by atoms with Gasteiger partial charge in [0.2, 0.25) is 10.0 Å². The lowest BCUT2D eigenvalue weighted by Gasteiger charge is -2.03. The van der Waals surface area contributed by atoms with Gasteiger partial charge < -0.3 is 9.84 Å². The van der Waals surface area contributed by atoms with Gasteiger partial charge in [-0.1, -0.05) is 0 Å². The molecule has 0 aromatic carbocycles. The minimum Gasteiger partial charge on any atom is -0.481 e. The average molecular weight is 279 g/mol. The lowest BCUT2D eigenvalue weighted by molar-refractivity contribution is -0.136. The predicted molar refractivity (Wildman–Crippen MR) is 62.7 cm³/mol. The molecule has 1 rings (SSSR count). The molecule has 0 aliphatic rings. The van der Waals surface area contributed by atoms with Crippen molar-refractivity contribution in [1.29, 1.82) is 0 Å². The van der Waals surface area contributed by atoms with Crippen molar-refractivity contribution < 1.29 is 23.1 Å². The molecular formula is C9H13NO5S2. The molecule has 1 heterocycles. The molecule has 0 saturated carbocycles. The summed E-state index contributed by atoms with van der Waals surface area (Å²) in [5, 5.41) is 8.58. The zero-order valence-corrected chi connectivity index (χ0v) is 10.8. The normalized spacial score (nSPS) is 11.6. The molecule has 2 N–H and O–H groups in total. The van der Waals surface area contributed by atoms with Crippen molar-refractivity contribution in [2.24, 2.45) is 0 Å². The summed E-state index contributed by atoms with van der Waals surface area (Å²) >= 11 is 0.954. The van der Waals surface area contributed by atoms with E-state index in [9.17, 15) is 13.2 Å². The van der Waals surface area contributed by atoms with E-state index in [1.165, 1.54) is 19.2 Å². The molecule has 6 nitrogen and oxygen atoms in total. The van der Waals surface area contributed by atoms with Crippen LogP contribution in [0.1, 0.15) is 4.88 Å². The first-order valence-corrected chi connectivity index (χ1v) is 7.05. The van der Waals surface area contributed by atoms with Gasteiger partial charge in [0.15, 0.2) is 0 Å². The van der Waals surface area contributed by atoms with Crippen LogP contribution >= 0.6 is 11.3 Å². The van der Waals surface area contributed by atoms with Crippen molar-refractivity contribution in [1.82, 2.24) is 4.72 Å². The number of ether oxygens (including phenoxy) is 1. The highest BCUT2D eigenvalue weighted by molar-refractivity contribution is 7.91. The molecule has 96 valence electrons. The number of hydrogen-bond acceptors (Lipinski definition) is 5. The fourth-order valence-corrected chi connectivity index (χ4v) is 3.50. The second-order valence-corrected chi connectivity index (χ2v) is 6.34. The van der Waals surface area contributed by atoms with Gasteiger partial charge in [0.1, 0.15) is 4.21 Å². The van der Waals surface area contributed by atoms with Crippen molar-refractivity contribution >= 4 is 27.3 Å². The summed E-state index contributed by atoms with van der Waals surface area (Å²) in [4.78, 5) is 11.0. The molecule has 1 aromatic rings. The lowest BCUT2D eigenvalue weighted by Crippen LogP contribution is -2.26. The number of rotatable bonds is 7. The first kappa shape index (κ1) is 14.1. The molecule has 0 aliphatic heterocycles. The molecule has 0 aliphatic carbocycles. The number of carboxylic acid groups (broad SMARTS) is 1. The summed E-state index contributed by atoms with van der Waals surface area (Å²) in [6.45, 7) is 0.470. The Hall–Kier alpha value is -0.960. The van der Waals surface area contributed by atoms with Crippen LogP contribution in [0.4, 0.5) is 0 Å². The second-order valence-electron chi connectivity index (χ2n) is 3.18. The molecule has 0 unspecified atom stereocenters. The van der Waals surface area contributed by atoms with Gasteiger partial charge in [0.05, 0.1) is 13.0 Å². The maximum absolute atomic E-state index is 11.7. The Morgan fingerprint density at radius 2 is 2.24 bits per heavy atom. The standard InChI is InChI=1S/C9H13NO5S2/c1-15-5-4-10-17(13,14)9-3-2-7(16-9)6-8(11)12/h2-3,10H,4-6H2,1H3,(H,11,12). The van der Waals surface area contributed by atoms with Crippen LogP contribution in [0.25, 0.3) is 0 Å². The van der Waals surface area contributed by atoms with Crippen LogP contribution in [0, 0.1) is 0 Å². The number of nitrogens with one attached hydrogen (secondary N) is 1. The van der Waals surface area contributed by atoms with Gasteiger partial charge in [0, 0.05) is 18.5 Å². The predicted octanol–water partition coefficient (Wildman–Crippen LogP) is 0.300. The Morgan fingerprint density at radius 1 is 1.53 bits per heavy atom. The van der Waals surface area contributed by atoms with Crippen LogP contribution in [0.3, 0.4) is 0 Å². The molecule has 0 atom stereocenters. The number of methoxy groups -OCH3 is 1. The van der Waals surface area contributed by atoms with Crippen molar-refractivity contribution in [3.05, 3.63) is 17.0 Å². The molecule has 0 amide bonds. The van der Waals surface area contributed by atoms with Crippen molar-refractivity contribution in [2.75, 3.05) is 20.3 Å². The van der Waals surface area contributed by atoms with E-state index < -0.39 is 16.0 Å². The summed E-state index contributed by atoms with van der Waals surface area (Å²) in [6, 6.07) is 2.90. The van der Waals surface area contributed by atoms with E-state index in [4.69, 9.17) is 9.84 Å². The second kappa shape index (κ2) is 6.10. The Labute approximate surface area is 103 Å². The summed E-state index contributed by atoms with van der Waals surface area (Å²) in [7, 11) is -2.08. The van der Waals surface area contributed by atoms with Crippen LogP contribution in [-0.4, -0.2) is 39.8 Å². The molecule has 0 saturated heterocycles. The van der Waals surface area contributed by atoms with Gasteiger partial charge in [0.25, 0.3) is 0 Å². The minimum absolute atomic E-state index is 0.116. The number of aliphatic carboxylic acids is 1. The van der Waals surface area contributed by atoms with E-state index in [1.807, 2.05) is 0 Å². The zero-order chi connectivity index (χ0) is 12.9. The maximum Gasteiger partial charge on any atom is 0.308 e. The Kier molecular flexibility index (Phi) is 5.06. The third kappa shape index (κ3) is 4.43. The number of hydrogen-bond donors (Lipinski definition) is 2. The topological polar surface area (TPSA) is 92.7 Å². The van der Waals surface area contributed by atoms with E-state index in [1.54, 1.807) is 0 Å². The van der Waals surface area contributed by atoms with Gasteiger partial charge in [-0.3, -0.25) is 4.79 Å². The quantitative estimate of drug-likeness (QED) is 0.700. The van der Waals surface area contributed by atoms with Crippen LogP contribution in [0.15, 0.2) is 16.3 Å². The molecule has 8 heteroatoms. The Balaban J connectivity index is 2.71. The Bertz CT molecular complexity index is 479. The SMILES string of the molecule is COCCNS(=O)(=O)c1ccc(CC(=O)O)s1. The smallest absolute Gasteiger partial charge is 0.308 e. The Morgan fingerprint density at radius 3 is 2.82 bits per heavy atom. The summed E-state index contributed by atoms with van der Waals surface area (Å²) in [5.74, 6) is -0.983. The fourth-order valence-electron chi connectivity index (χ4n) is 1.10. The lowest BCUT2D eigenvalue weighted by atomic mass is 10.3. The number of carboxylic acids is 1. The molecule has 17 heavy (non-hydrogen) atoms. The molecular weight excluding hydrogens is 266 g/mol. The monoisotopic (exact) mass is 279 g/mol. The fraction of sp³-hybridized carbons (Fsp3) is 0.444. The van der Waals surface area contributed by atoms with Crippen LogP contribution in [0.2, 0.25) is 0 Å². The van der Waals surface area contributed by atoms with Gasteiger partial charge in [-0.25, -0.2) is 13.1 Å². The molecule has 0 bridgehead atoms. The van der Waals surface area contributed by atoms with Gasteiger partial charge in [-0.05, 0) is 12.1 Å². The van der Waals surface area contributed by atoms with E-state index in [0.29, 0.717) is 4.88 Å². The third-order valence-electron chi connectivity index (χ3n) is 1.83. The van der Waals surface area contributed by atoms with E-state index >= 15 is 0 Å². The van der Waals surface area contributed by atoms with Crippen LogP contribution in [-0.2, 0) is 26.0 Å². The summed E-state index contributed by atoms with van der Waals surface area (Å²) in [5.41, 5.74) is 0. The van der Waals surface area contributed by atoms with Crippen molar-refractivity contribution in [2.45, 2.75) is 10.6 Å². The third-order valence-corrected chi connectivity index (χ3v) is 4.86. The van der Waals surface area contributed by atoms with Gasteiger partial charge in [-0.2, -0.15) is 0 Å². The summed E-state index contributed by atoms with van der Waals surface area (Å²) in [6.07, 6.45) is -0.168. The van der Waals surface area contributed by atoms with Gasteiger partial charge >= 0.3 is 5.97 Å². The van der Waals surface area contributed by atoms with Crippen LogP contribution in [0.5, 0.6) is 0 Å². The van der Waals surface area contributed by atoms with Gasteiger partial charge in [-0.15, -0.1) is 11.3 Å². The van der Waals surface area contributed by atoms with Crippen molar-refractivity contribution in [3.63, 3.8) is 0 Å². The van der Waals surface area contributed by atoms with Crippen LogP contribution < -0.4 is 4.72 Å². The van der Waals surface area contributed by atoms with E-state index in [2.05, 4.69) is 4.72 Å². The maximum atomic E-state index is 11.7. The average Bonchev–Trinajstić information content (AvgIpc) is 2.66. The highest BCUT2D eigenvalue weighted by Crippen LogP contribution is 2.21. The molecule has 0 spiro atoms. The largest absolute Gasteiger partial charge is 0.481 e. The van der Waals surface area contributed by atoms with E-state index in [0.717, 1.165) is 11.3 Å². The molecule has 1 aromatic heterocycles. The van der Waals surface area contributed by atoms with E-state index in [-0.39, 0.29) is 23.8 Å². The highest BCUT2D eigenvalue weighted by Gasteiger charge is 2.16. The number of sulfonamides is 1. The molecule has 0 radical (unpaired) electrons. The first-order chi connectivity index (χ1) is 7.95. The number of thiophene rings is 1. The minimum atomic E-state index is -3.55. The highest BCUT2D eigenvalue weighted by atomic mass is 32.2. The molecule has 0 fully saturated rings. The van der Waals surface area contributed by atoms with Crippen molar-refractivity contribution in [3.8, 4) is 0 Å². The number of carbonyl (C=O) groups is 1. The zero-order valence-electron chi connectivity index (χ0n) is 9.17. The first-order valence-electron chi connectivity index (χ1n) is 4.75.